The van der Waals surface area contributed by atoms with Gasteiger partial charge < -0.3 is 10.1 Å². The third-order valence-electron chi connectivity index (χ3n) is 2.31. The van der Waals surface area contributed by atoms with E-state index in [-0.39, 0.29) is 11.6 Å². The highest BCUT2D eigenvalue weighted by atomic mass is 16.6. The van der Waals surface area contributed by atoms with Gasteiger partial charge in [0, 0.05) is 25.0 Å². The molecule has 0 unspecified atom stereocenters. The molecule has 18 heavy (non-hydrogen) atoms. The molecule has 1 aromatic carbocycles. The van der Waals surface area contributed by atoms with Crippen LogP contribution in [0, 0.1) is 10.1 Å². The molecule has 6 heteroatoms. The summed E-state index contributed by atoms with van der Waals surface area (Å²) < 4.78 is 5.39. The first kappa shape index (κ1) is 11.8. The molecule has 92 valence electrons. The summed E-state index contributed by atoms with van der Waals surface area (Å²) in [5.41, 5.74) is 0.771. The van der Waals surface area contributed by atoms with Gasteiger partial charge in [-0.05, 0) is 30.3 Å². The lowest BCUT2D eigenvalue weighted by atomic mass is 10.3. The van der Waals surface area contributed by atoms with Crippen molar-refractivity contribution in [2.24, 2.45) is 0 Å². The molecular weight excluding hydrogens is 234 g/mol. The van der Waals surface area contributed by atoms with Crippen LogP contribution in [0.4, 0.5) is 11.4 Å². The normalized spacial score (nSPS) is 9.83. The van der Waals surface area contributed by atoms with Gasteiger partial charge in [-0.15, -0.1) is 0 Å². The van der Waals surface area contributed by atoms with Crippen LogP contribution in [0.3, 0.4) is 0 Å². The van der Waals surface area contributed by atoms with Crippen LogP contribution in [0.1, 0.15) is 0 Å². The number of pyridine rings is 1. The third kappa shape index (κ3) is 2.54. The first-order chi connectivity index (χ1) is 8.70. The molecule has 0 saturated heterocycles. The Bertz CT molecular complexity index is 555. The van der Waals surface area contributed by atoms with Gasteiger partial charge in [0.2, 0.25) is 0 Å². The number of rotatable bonds is 4. The van der Waals surface area contributed by atoms with E-state index in [0.717, 1.165) is 5.69 Å². The maximum absolute atomic E-state index is 10.8. The van der Waals surface area contributed by atoms with Gasteiger partial charge in [0.05, 0.1) is 4.92 Å². The summed E-state index contributed by atoms with van der Waals surface area (Å²) >= 11 is 0. The van der Waals surface area contributed by atoms with Gasteiger partial charge in [-0.1, -0.05) is 0 Å². The number of nitro groups is 1. The lowest BCUT2D eigenvalue weighted by Crippen LogP contribution is -1.95. The van der Waals surface area contributed by atoms with Crippen molar-refractivity contribution in [3.05, 3.63) is 52.7 Å². The summed E-state index contributed by atoms with van der Waals surface area (Å²) in [7, 11) is 1.81. The van der Waals surface area contributed by atoms with Crippen LogP contribution in [-0.4, -0.2) is 17.0 Å². The molecule has 2 aromatic rings. The molecule has 0 aliphatic rings. The Labute approximate surface area is 103 Å². The zero-order valence-corrected chi connectivity index (χ0v) is 9.66. The number of aromatic nitrogens is 1. The summed E-state index contributed by atoms with van der Waals surface area (Å²) in [5, 5.41) is 13.8. The summed E-state index contributed by atoms with van der Waals surface area (Å²) in [6.07, 6.45) is 1.45. The van der Waals surface area contributed by atoms with Crippen molar-refractivity contribution in [1.29, 1.82) is 0 Å². The lowest BCUT2D eigenvalue weighted by Gasteiger charge is -2.05. The van der Waals surface area contributed by atoms with Crippen molar-refractivity contribution in [3.8, 4) is 11.6 Å². The minimum Gasteiger partial charge on any atom is -0.434 e. The number of benzene rings is 1. The van der Waals surface area contributed by atoms with Crippen LogP contribution < -0.4 is 10.1 Å². The minimum absolute atomic E-state index is 0.0142. The summed E-state index contributed by atoms with van der Waals surface area (Å²) in [4.78, 5) is 14.1. The van der Waals surface area contributed by atoms with E-state index in [0.29, 0.717) is 5.75 Å². The monoisotopic (exact) mass is 245 g/mol. The van der Waals surface area contributed by atoms with Gasteiger partial charge in [-0.25, -0.2) is 4.98 Å². The van der Waals surface area contributed by atoms with Gasteiger partial charge in [0.15, 0.2) is 0 Å². The maximum atomic E-state index is 10.8. The smallest absolute Gasteiger partial charge is 0.331 e. The van der Waals surface area contributed by atoms with Crippen LogP contribution in [0.2, 0.25) is 0 Å². The number of hydrogen-bond donors (Lipinski definition) is 1. The average molecular weight is 245 g/mol. The number of nitrogens with zero attached hydrogens (tertiary/aromatic N) is 2. The summed E-state index contributed by atoms with van der Waals surface area (Å²) in [6.45, 7) is 0. The number of anilines is 1. The molecule has 0 saturated carbocycles. The fourth-order valence-corrected chi connectivity index (χ4v) is 1.40. The Morgan fingerprint density at radius 3 is 2.61 bits per heavy atom. The first-order valence-corrected chi connectivity index (χ1v) is 5.26. The van der Waals surface area contributed by atoms with Crippen molar-refractivity contribution >= 4 is 11.4 Å². The zero-order chi connectivity index (χ0) is 13.0. The molecule has 0 aliphatic carbocycles. The highest BCUT2D eigenvalue weighted by Gasteiger charge is 2.16. The van der Waals surface area contributed by atoms with E-state index in [1.807, 2.05) is 12.1 Å². The highest BCUT2D eigenvalue weighted by molar-refractivity contribution is 5.48. The van der Waals surface area contributed by atoms with Crippen molar-refractivity contribution < 1.29 is 9.66 Å². The van der Waals surface area contributed by atoms with E-state index in [1.165, 1.54) is 18.3 Å². The molecule has 1 heterocycles. The van der Waals surface area contributed by atoms with E-state index in [4.69, 9.17) is 4.74 Å². The molecule has 0 radical (unpaired) electrons. The zero-order valence-electron chi connectivity index (χ0n) is 9.66. The molecule has 0 spiro atoms. The molecule has 0 bridgehead atoms. The van der Waals surface area contributed by atoms with E-state index < -0.39 is 4.92 Å². The average Bonchev–Trinajstić information content (AvgIpc) is 2.40. The lowest BCUT2D eigenvalue weighted by molar-refractivity contribution is -0.386. The second-order valence-corrected chi connectivity index (χ2v) is 3.46. The molecule has 1 aromatic heterocycles. The fourth-order valence-electron chi connectivity index (χ4n) is 1.40. The van der Waals surface area contributed by atoms with Gasteiger partial charge >= 0.3 is 5.69 Å². The molecule has 1 N–H and O–H groups in total. The SMILES string of the molecule is CNc1ccc(Oc2ncccc2[N+](=O)[O-])cc1. The van der Waals surface area contributed by atoms with Gasteiger partial charge in [0.1, 0.15) is 5.75 Å². The van der Waals surface area contributed by atoms with E-state index in [1.54, 1.807) is 19.2 Å². The quantitative estimate of drug-likeness (QED) is 0.662. The molecule has 0 amide bonds. The third-order valence-corrected chi connectivity index (χ3v) is 2.31. The summed E-state index contributed by atoms with van der Waals surface area (Å²) in [6, 6.07) is 9.89. The molecule has 0 aliphatic heterocycles. The molecule has 2 rings (SSSR count). The standard InChI is InChI=1S/C12H11N3O3/c1-13-9-4-6-10(7-5-9)18-12-11(15(16)17)3-2-8-14-12/h2-8,13H,1H3. The Morgan fingerprint density at radius 2 is 2.00 bits per heavy atom. The molecule has 0 atom stereocenters. The van der Waals surface area contributed by atoms with Crippen LogP contribution in [0.15, 0.2) is 42.6 Å². The topological polar surface area (TPSA) is 77.3 Å². The number of ether oxygens (including phenoxy) is 1. The van der Waals surface area contributed by atoms with Crippen molar-refractivity contribution in [3.63, 3.8) is 0 Å². The molecule has 6 nitrogen and oxygen atoms in total. The fraction of sp³-hybridized carbons (Fsp3) is 0.0833. The second-order valence-electron chi connectivity index (χ2n) is 3.46. The van der Waals surface area contributed by atoms with E-state index in [2.05, 4.69) is 10.3 Å². The van der Waals surface area contributed by atoms with Crippen LogP contribution in [-0.2, 0) is 0 Å². The van der Waals surface area contributed by atoms with Gasteiger partial charge in [-0.3, -0.25) is 10.1 Å². The van der Waals surface area contributed by atoms with Crippen LogP contribution in [0.5, 0.6) is 11.6 Å². The van der Waals surface area contributed by atoms with Crippen molar-refractivity contribution in [1.82, 2.24) is 4.98 Å². The minimum atomic E-state index is -0.524. The second kappa shape index (κ2) is 5.13. The predicted octanol–water partition coefficient (Wildman–Crippen LogP) is 2.82. The van der Waals surface area contributed by atoms with Gasteiger partial charge in [0.25, 0.3) is 5.88 Å². The number of nitrogens with one attached hydrogen (secondary N) is 1. The van der Waals surface area contributed by atoms with Crippen molar-refractivity contribution in [2.45, 2.75) is 0 Å². The highest BCUT2D eigenvalue weighted by Crippen LogP contribution is 2.28. The Balaban J connectivity index is 2.25. The number of hydrogen-bond acceptors (Lipinski definition) is 5. The van der Waals surface area contributed by atoms with Crippen molar-refractivity contribution in [2.75, 3.05) is 12.4 Å². The summed E-state index contributed by atoms with van der Waals surface area (Å²) in [5.74, 6) is 0.482. The first-order valence-electron chi connectivity index (χ1n) is 5.26. The Kier molecular flexibility index (Phi) is 3.38. The molecule has 0 fully saturated rings. The Hall–Kier alpha value is -2.63. The van der Waals surface area contributed by atoms with Crippen LogP contribution >= 0.6 is 0 Å². The van der Waals surface area contributed by atoms with E-state index >= 15 is 0 Å². The predicted molar refractivity (Wildman–Crippen MR) is 67.0 cm³/mol. The van der Waals surface area contributed by atoms with Gasteiger partial charge in [-0.2, -0.15) is 0 Å². The largest absolute Gasteiger partial charge is 0.434 e. The Morgan fingerprint density at radius 1 is 1.28 bits per heavy atom. The van der Waals surface area contributed by atoms with Crippen LogP contribution in [0.25, 0.3) is 0 Å². The maximum Gasteiger partial charge on any atom is 0.331 e. The molecular formula is C12H11N3O3. The van der Waals surface area contributed by atoms with E-state index in [9.17, 15) is 10.1 Å².